The predicted octanol–water partition coefficient (Wildman–Crippen LogP) is 6.13. The summed E-state index contributed by atoms with van der Waals surface area (Å²) < 4.78 is 50.3. The summed E-state index contributed by atoms with van der Waals surface area (Å²) >= 11 is 6.35. The van der Waals surface area contributed by atoms with Gasteiger partial charge in [-0.3, -0.25) is 4.79 Å². The van der Waals surface area contributed by atoms with Gasteiger partial charge in [0.25, 0.3) is 5.91 Å². The van der Waals surface area contributed by atoms with Gasteiger partial charge in [-0.1, -0.05) is 30.3 Å². The van der Waals surface area contributed by atoms with Gasteiger partial charge in [0.2, 0.25) is 0 Å². The first kappa shape index (κ1) is 23.4. The molecule has 1 amide bonds. The average Bonchev–Trinajstić information content (AvgIpc) is 3.01. The quantitative estimate of drug-likeness (QED) is 0.366. The monoisotopic (exact) mass is 464 g/mol. The summed E-state index contributed by atoms with van der Waals surface area (Å²) in [7, 11) is 0. The zero-order valence-electron chi connectivity index (χ0n) is 17.4. The van der Waals surface area contributed by atoms with Crippen molar-refractivity contribution in [2.75, 3.05) is 18.2 Å². The maximum absolute atomic E-state index is 13.1. The smallest absolute Gasteiger partial charge is 0.416 e. The van der Waals surface area contributed by atoms with Crippen molar-refractivity contribution >= 4 is 35.0 Å². The molecule has 0 saturated carbocycles. The first-order chi connectivity index (χ1) is 15.2. The van der Waals surface area contributed by atoms with Gasteiger partial charge in [-0.05, 0) is 55.8 Å². The van der Waals surface area contributed by atoms with Gasteiger partial charge in [0.1, 0.15) is 6.61 Å². The van der Waals surface area contributed by atoms with E-state index in [1.165, 1.54) is 12.1 Å². The Morgan fingerprint density at radius 3 is 2.62 bits per heavy atom. The van der Waals surface area contributed by atoms with Crippen LogP contribution in [0.15, 0.2) is 59.7 Å². The lowest BCUT2D eigenvalue weighted by molar-refractivity contribution is -0.137. The molecule has 32 heavy (non-hydrogen) atoms. The van der Waals surface area contributed by atoms with Crippen LogP contribution < -0.4 is 14.5 Å². The third-order valence-electron chi connectivity index (χ3n) is 4.47. The van der Waals surface area contributed by atoms with E-state index < -0.39 is 17.6 Å². The number of halogens is 4. The van der Waals surface area contributed by atoms with E-state index in [0.717, 1.165) is 17.1 Å². The summed E-state index contributed by atoms with van der Waals surface area (Å²) in [6.45, 7) is 7.60. The third-order valence-corrected chi connectivity index (χ3v) is 4.75. The minimum Gasteiger partial charge on any atom is -0.490 e. The Kier molecular flexibility index (Phi) is 6.93. The van der Waals surface area contributed by atoms with E-state index in [4.69, 9.17) is 21.1 Å². The molecule has 0 bridgehead atoms. The molecule has 2 aromatic rings. The van der Waals surface area contributed by atoms with Gasteiger partial charge >= 0.3 is 6.18 Å². The van der Waals surface area contributed by atoms with Crippen molar-refractivity contribution in [2.24, 2.45) is 5.10 Å². The Balaban J connectivity index is 1.96. The zero-order chi connectivity index (χ0) is 23.5. The zero-order valence-corrected chi connectivity index (χ0v) is 18.1. The highest BCUT2D eigenvalue weighted by atomic mass is 35.5. The molecule has 0 atom stereocenters. The molecule has 2 aromatic carbocycles. The van der Waals surface area contributed by atoms with Gasteiger partial charge in [0, 0.05) is 0 Å². The number of rotatable bonds is 7. The summed E-state index contributed by atoms with van der Waals surface area (Å²) in [6, 6.07) is 7.70. The van der Waals surface area contributed by atoms with Crippen LogP contribution in [-0.4, -0.2) is 24.8 Å². The molecule has 0 aromatic heterocycles. The van der Waals surface area contributed by atoms with Crippen LogP contribution in [0.3, 0.4) is 0 Å². The highest BCUT2D eigenvalue weighted by molar-refractivity contribution is 6.33. The normalized spacial score (nSPS) is 15.2. The molecule has 9 heteroatoms. The molecular formula is C23H20ClF3N2O3. The minimum atomic E-state index is -4.53. The molecule has 0 unspecified atom stereocenters. The molecule has 0 fully saturated rings. The van der Waals surface area contributed by atoms with Gasteiger partial charge in [-0.15, -0.1) is 0 Å². The van der Waals surface area contributed by atoms with Crippen LogP contribution in [0.1, 0.15) is 25.0 Å². The lowest BCUT2D eigenvalue weighted by Crippen LogP contribution is -2.21. The fourth-order valence-electron chi connectivity index (χ4n) is 3.06. The van der Waals surface area contributed by atoms with Crippen molar-refractivity contribution in [3.05, 3.63) is 70.8 Å². The summed E-state index contributed by atoms with van der Waals surface area (Å²) in [4.78, 5) is 12.9. The molecule has 0 saturated heterocycles. The fraction of sp³-hybridized carbons (Fsp3) is 0.217. The second kappa shape index (κ2) is 9.48. The first-order valence-corrected chi connectivity index (χ1v) is 10.0. The molecule has 5 nitrogen and oxygen atoms in total. The Labute approximate surface area is 188 Å². The number of ether oxygens (including phenoxy) is 2. The second-order valence-corrected chi connectivity index (χ2v) is 7.18. The minimum absolute atomic E-state index is 0.0220. The number of amides is 1. The molecule has 1 aliphatic rings. The van der Waals surface area contributed by atoms with Gasteiger partial charge < -0.3 is 9.47 Å². The molecule has 168 valence electrons. The number of anilines is 1. The average molecular weight is 465 g/mol. The molecule has 1 aliphatic heterocycles. The van der Waals surface area contributed by atoms with E-state index in [-0.39, 0.29) is 22.9 Å². The summed E-state index contributed by atoms with van der Waals surface area (Å²) in [5, 5.41) is 5.37. The molecule has 0 spiro atoms. The fourth-order valence-corrected chi connectivity index (χ4v) is 3.33. The Morgan fingerprint density at radius 2 is 1.97 bits per heavy atom. The number of carbonyl (C=O) groups excluding carboxylic acids is 1. The summed E-state index contributed by atoms with van der Waals surface area (Å²) in [5.41, 5.74) is 0.285. The number of hydrazone groups is 1. The van der Waals surface area contributed by atoms with Gasteiger partial charge in [-0.2, -0.15) is 23.3 Å². The van der Waals surface area contributed by atoms with Crippen molar-refractivity contribution in [3.8, 4) is 11.5 Å². The van der Waals surface area contributed by atoms with Crippen LogP contribution in [0.2, 0.25) is 5.02 Å². The second-order valence-electron chi connectivity index (χ2n) is 6.77. The van der Waals surface area contributed by atoms with Crippen LogP contribution in [0.5, 0.6) is 11.5 Å². The first-order valence-electron chi connectivity index (χ1n) is 9.64. The standard InChI is InChI=1S/C23H20ClF3N2O3/c1-4-9-32-21-19(24)11-15(12-20(21)31-5-2)10-18-14(3)28-29(22(18)30)17-8-6-7-16(13-17)23(25,26)27/h4,6-8,10-13H,1,5,9H2,2-3H3/b18-10-. The lowest BCUT2D eigenvalue weighted by Gasteiger charge is -2.15. The van der Waals surface area contributed by atoms with Crippen LogP contribution in [-0.2, 0) is 11.0 Å². The molecular weight excluding hydrogens is 445 g/mol. The van der Waals surface area contributed by atoms with E-state index in [1.54, 1.807) is 38.1 Å². The molecule has 0 aliphatic carbocycles. The van der Waals surface area contributed by atoms with Gasteiger partial charge in [0.15, 0.2) is 11.5 Å². The van der Waals surface area contributed by atoms with Crippen molar-refractivity contribution in [3.63, 3.8) is 0 Å². The van der Waals surface area contributed by atoms with Crippen LogP contribution in [0.4, 0.5) is 18.9 Å². The van der Waals surface area contributed by atoms with Crippen molar-refractivity contribution in [1.82, 2.24) is 0 Å². The van der Waals surface area contributed by atoms with Crippen LogP contribution >= 0.6 is 11.6 Å². The maximum Gasteiger partial charge on any atom is 0.416 e. The number of alkyl halides is 3. The molecule has 0 radical (unpaired) electrons. The number of benzene rings is 2. The van der Waals surface area contributed by atoms with Gasteiger partial charge in [0.05, 0.1) is 34.2 Å². The van der Waals surface area contributed by atoms with Crippen molar-refractivity contribution < 1.29 is 27.4 Å². The van der Waals surface area contributed by atoms with E-state index in [9.17, 15) is 18.0 Å². The third kappa shape index (κ3) is 4.96. The summed E-state index contributed by atoms with van der Waals surface area (Å²) in [5.74, 6) is 0.190. The highest BCUT2D eigenvalue weighted by Crippen LogP contribution is 2.38. The number of hydrogen-bond acceptors (Lipinski definition) is 4. The van der Waals surface area contributed by atoms with Crippen molar-refractivity contribution in [1.29, 1.82) is 0 Å². The topological polar surface area (TPSA) is 51.1 Å². The van der Waals surface area contributed by atoms with Crippen LogP contribution in [0.25, 0.3) is 6.08 Å². The maximum atomic E-state index is 13.1. The molecule has 0 N–H and O–H groups in total. The molecule has 1 heterocycles. The molecule has 3 rings (SSSR count). The van der Waals surface area contributed by atoms with E-state index in [0.29, 0.717) is 29.4 Å². The summed E-state index contributed by atoms with van der Waals surface area (Å²) in [6.07, 6.45) is -1.40. The number of hydrogen-bond donors (Lipinski definition) is 0. The SMILES string of the molecule is C=CCOc1c(Cl)cc(/C=C2\C(=O)N(c3cccc(C(F)(F)F)c3)N=C2C)cc1OCC. The van der Waals surface area contributed by atoms with Gasteiger partial charge in [-0.25, -0.2) is 0 Å². The largest absolute Gasteiger partial charge is 0.490 e. The lowest BCUT2D eigenvalue weighted by atomic mass is 10.1. The van der Waals surface area contributed by atoms with Crippen LogP contribution in [0, 0.1) is 0 Å². The highest BCUT2D eigenvalue weighted by Gasteiger charge is 2.33. The number of carbonyl (C=O) groups is 1. The Bertz CT molecular complexity index is 1110. The predicted molar refractivity (Wildman–Crippen MR) is 118 cm³/mol. The van der Waals surface area contributed by atoms with E-state index in [2.05, 4.69) is 11.7 Å². The Hall–Kier alpha value is -3.26. The van der Waals surface area contributed by atoms with E-state index in [1.807, 2.05) is 0 Å². The Morgan fingerprint density at radius 1 is 1.22 bits per heavy atom. The van der Waals surface area contributed by atoms with Crippen molar-refractivity contribution in [2.45, 2.75) is 20.0 Å². The van der Waals surface area contributed by atoms with E-state index >= 15 is 0 Å². The number of nitrogens with zero attached hydrogens (tertiary/aromatic N) is 2.